The molecule has 1 fully saturated rings. The number of ether oxygens (including phenoxy) is 1. The molecule has 1 aromatic carbocycles. The van der Waals surface area contributed by atoms with Crippen LogP contribution in [-0.4, -0.2) is 52.0 Å². The van der Waals surface area contributed by atoms with Gasteiger partial charge in [-0.2, -0.15) is 0 Å². The third-order valence-corrected chi connectivity index (χ3v) is 6.90. The summed E-state index contributed by atoms with van der Waals surface area (Å²) in [7, 11) is 0. The molecular formula is C26H41FN2O4. The van der Waals surface area contributed by atoms with E-state index in [4.69, 9.17) is 4.74 Å². The summed E-state index contributed by atoms with van der Waals surface area (Å²) in [6.45, 7) is 9.82. The van der Waals surface area contributed by atoms with Crippen molar-refractivity contribution >= 4 is 11.9 Å². The molecule has 0 radical (unpaired) electrons. The van der Waals surface area contributed by atoms with Crippen LogP contribution in [0.1, 0.15) is 78.7 Å². The molecule has 186 valence electrons. The van der Waals surface area contributed by atoms with E-state index in [1.807, 2.05) is 56.0 Å². The molecule has 3 unspecified atom stereocenters. The Hall–Kier alpha value is -1.99. The van der Waals surface area contributed by atoms with Gasteiger partial charge in [0.15, 0.2) is 0 Å². The zero-order chi connectivity index (χ0) is 24.6. The lowest BCUT2D eigenvalue weighted by atomic mass is 9.79. The van der Waals surface area contributed by atoms with Crippen LogP contribution in [0.2, 0.25) is 0 Å². The molecular weight excluding hydrogens is 423 g/mol. The summed E-state index contributed by atoms with van der Waals surface area (Å²) in [5, 5.41) is 14.2. The Morgan fingerprint density at radius 1 is 1.24 bits per heavy atom. The van der Waals surface area contributed by atoms with Gasteiger partial charge in [0.2, 0.25) is 12.3 Å². The van der Waals surface area contributed by atoms with E-state index < -0.39 is 30.0 Å². The van der Waals surface area contributed by atoms with Crippen LogP contribution in [0.5, 0.6) is 0 Å². The Balaban J connectivity index is 2.35. The predicted octanol–water partition coefficient (Wildman–Crippen LogP) is 4.35. The number of amides is 1. The van der Waals surface area contributed by atoms with Gasteiger partial charge in [-0.05, 0) is 44.6 Å². The Bertz CT molecular complexity index is 762. The van der Waals surface area contributed by atoms with E-state index in [1.165, 1.54) is 6.92 Å². The topological polar surface area (TPSA) is 78.9 Å². The normalized spacial score (nSPS) is 25.9. The van der Waals surface area contributed by atoms with Crippen LogP contribution < -0.4 is 5.32 Å². The number of nitrogens with zero attached hydrogens (tertiary/aromatic N) is 1. The Kier molecular flexibility index (Phi) is 10.3. The first kappa shape index (κ1) is 27.3. The average molecular weight is 465 g/mol. The third kappa shape index (κ3) is 7.24. The first-order chi connectivity index (χ1) is 15.6. The van der Waals surface area contributed by atoms with Crippen molar-refractivity contribution in [2.24, 2.45) is 5.92 Å². The molecule has 1 saturated heterocycles. The number of hydrogen-bond donors (Lipinski definition) is 2. The molecule has 6 atom stereocenters. The lowest BCUT2D eigenvalue weighted by molar-refractivity contribution is -0.165. The van der Waals surface area contributed by atoms with Gasteiger partial charge in [-0.15, -0.1) is 0 Å². The first-order valence-corrected chi connectivity index (χ1v) is 12.2. The van der Waals surface area contributed by atoms with E-state index in [9.17, 15) is 19.1 Å². The van der Waals surface area contributed by atoms with Gasteiger partial charge in [-0.1, -0.05) is 50.6 Å². The maximum atomic E-state index is 14.1. The molecule has 7 heteroatoms. The van der Waals surface area contributed by atoms with Crippen molar-refractivity contribution in [3.63, 3.8) is 0 Å². The fourth-order valence-electron chi connectivity index (χ4n) is 5.05. The molecule has 0 aliphatic carbocycles. The van der Waals surface area contributed by atoms with E-state index >= 15 is 0 Å². The molecule has 0 saturated carbocycles. The number of hydrogen-bond acceptors (Lipinski definition) is 5. The number of aliphatic hydroxyl groups excluding tert-OH is 1. The fourth-order valence-corrected chi connectivity index (χ4v) is 5.05. The average Bonchev–Trinajstić information content (AvgIpc) is 2.99. The molecule has 2 rings (SSSR count). The number of benzene rings is 1. The number of alkyl halides is 1. The number of likely N-dealkylation sites (tertiary alicyclic amines) is 1. The number of halogens is 1. The molecule has 33 heavy (non-hydrogen) atoms. The fraction of sp³-hybridized carbons (Fsp3) is 0.692. The number of carbonyl (C=O) groups excluding carboxylic acids is 2. The molecule has 1 aliphatic heterocycles. The molecule has 0 aromatic heterocycles. The maximum absolute atomic E-state index is 14.1. The summed E-state index contributed by atoms with van der Waals surface area (Å²) in [5.74, 6) is -0.606. The Morgan fingerprint density at radius 3 is 2.45 bits per heavy atom. The van der Waals surface area contributed by atoms with Crippen LogP contribution in [0, 0.1) is 5.92 Å². The van der Waals surface area contributed by atoms with Gasteiger partial charge >= 0.3 is 5.97 Å². The van der Waals surface area contributed by atoms with Crippen LogP contribution >= 0.6 is 0 Å². The first-order valence-electron chi connectivity index (χ1n) is 12.2. The smallest absolute Gasteiger partial charge is 0.326 e. The molecule has 2 N–H and O–H groups in total. The van der Waals surface area contributed by atoms with Crippen LogP contribution in [0.4, 0.5) is 4.39 Å². The standard InChI is InChI=1S/C26H41FN2O4/c1-6-11-21(18(3)28-19(4)30)16-26(5)23(31)15-22(25(32)33-24(27)12-7-2)29(26)17-20-13-9-8-10-14-20/h8-10,13-14,18,21-24,31H,6-7,11-12,15-17H2,1-5H3,(H,28,30)/t18?,21?,22-,23-,24?,26-/m1/s1. The summed E-state index contributed by atoms with van der Waals surface area (Å²) >= 11 is 0. The lowest BCUT2D eigenvalue weighted by Crippen LogP contribution is -2.54. The van der Waals surface area contributed by atoms with E-state index in [-0.39, 0.29) is 30.7 Å². The van der Waals surface area contributed by atoms with Crippen LogP contribution in [0.15, 0.2) is 30.3 Å². The third-order valence-electron chi connectivity index (χ3n) is 6.90. The summed E-state index contributed by atoms with van der Waals surface area (Å²) in [6, 6.07) is 8.94. The Labute approximate surface area is 197 Å². The van der Waals surface area contributed by atoms with Gasteiger partial charge in [0.1, 0.15) is 6.04 Å². The van der Waals surface area contributed by atoms with Gasteiger partial charge in [-0.25, -0.2) is 4.39 Å². The van der Waals surface area contributed by atoms with Crippen molar-refractivity contribution in [1.82, 2.24) is 10.2 Å². The number of esters is 1. The number of carbonyl (C=O) groups is 2. The second-order valence-corrected chi connectivity index (χ2v) is 9.62. The van der Waals surface area contributed by atoms with E-state index in [0.29, 0.717) is 19.4 Å². The van der Waals surface area contributed by atoms with E-state index in [0.717, 1.165) is 18.4 Å². The van der Waals surface area contributed by atoms with Crippen molar-refractivity contribution in [3.8, 4) is 0 Å². The highest BCUT2D eigenvalue weighted by molar-refractivity contribution is 5.77. The maximum Gasteiger partial charge on any atom is 0.326 e. The summed E-state index contributed by atoms with van der Waals surface area (Å²) < 4.78 is 19.2. The Morgan fingerprint density at radius 2 is 1.88 bits per heavy atom. The second-order valence-electron chi connectivity index (χ2n) is 9.62. The summed E-state index contributed by atoms with van der Waals surface area (Å²) in [5.41, 5.74) is 0.269. The SMILES string of the molecule is CCCC(F)OC(=O)[C@H]1C[C@@H](O)[C@@](C)(CC(CCC)C(C)NC(C)=O)N1Cc1ccccc1. The molecule has 1 heterocycles. The highest BCUT2D eigenvalue weighted by Gasteiger charge is 2.53. The number of nitrogens with one attached hydrogen (secondary N) is 1. The van der Waals surface area contributed by atoms with Gasteiger partial charge in [0.05, 0.1) is 6.10 Å². The van der Waals surface area contributed by atoms with Gasteiger partial charge in [-0.3, -0.25) is 14.5 Å². The quantitative estimate of drug-likeness (QED) is 0.450. The predicted molar refractivity (Wildman–Crippen MR) is 127 cm³/mol. The van der Waals surface area contributed by atoms with Crippen LogP contribution in [-0.2, 0) is 20.9 Å². The molecule has 1 amide bonds. The highest BCUT2D eigenvalue weighted by Crippen LogP contribution is 2.42. The molecule has 1 aliphatic rings. The summed E-state index contributed by atoms with van der Waals surface area (Å²) in [6.07, 6.45) is 0.899. The minimum absolute atomic E-state index is 0.0733. The number of aliphatic hydroxyl groups is 1. The zero-order valence-corrected chi connectivity index (χ0v) is 20.7. The van der Waals surface area contributed by atoms with Gasteiger partial charge in [0, 0.05) is 37.9 Å². The molecule has 6 nitrogen and oxygen atoms in total. The molecule has 0 spiro atoms. The lowest BCUT2D eigenvalue weighted by Gasteiger charge is -2.42. The highest BCUT2D eigenvalue weighted by atomic mass is 19.1. The van der Waals surface area contributed by atoms with Crippen LogP contribution in [0.3, 0.4) is 0 Å². The minimum atomic E-state index is -1.64. The van der Waals surface area contributed by atoms with Crippen LogP contribution in [0.25, 0.3) is 0 Å². The largest absolute Gasteiger partial charge is 0.430 e. The second kappa shape index (κ2) is 12.5. The molecule has 1 aromatic rings. The van der Waals surface area contributed by atoms with E-state index in [1.54, 1.807) is 0 Å². The van der Waals surface area contributed by atoms with Crippen molar-refractivity contribution in [1.29, 1.82) is 0 Å². The van der Waals surface area contributed by atoms with E-state index in [2.05, 4.69) is 12.2 Å². The summed E-state index contributed by atoms with van der Waals surface area (Å²) in [4.78, 5) is 26.6. The monoisotopic (exact) mass is 464 g/mol. The minimum Gasteiger partial charge on any atom is -0.430 e. The van der Waals surface area contributed by atoms with Crippen molar-refractivity contribution in [2.45, 2.75) is 110 Å². The van der Waals surface area contributed by atoms with Gasteiger partial charge in [0.25, 0.3) is 0 Å². The van der Waals surface area contributed by atoms with Gasteiger partial charge < -0.3 is 15.2 Å². The van der Waals surface area contributed by atoms with Crippen molar-refractivity contribution in [2.75, 3.05) is 0 Å². The van der Waals surface area contributed by atoms with Crippen molar-refractivity contribution in [3.05, 3.63) is 35.9 Å². The number of rotatable bonds is 12. The zero-order valence-electron chi connectivity index (χ0n) is 20.7. The molecule has 0 bridgehead atoms. The van der Waals surface area contributed by atoms with Crippen molar-refractivity contribution < 1.29 is 23.8 Å².